The highest BCUT2D eigenvalue weighted by Gasteiger charge is 2.34. The van der Waals surface area contributed by atoms with E-state index in [1.165, 1.54) is 70.6 Å². The molecule has 5 N–H and O–H groups in total. The van der Waals surface area contributed by atoms with Crippen LogP contribution in [0.1, 0.15) is 134 Å². The number of urea groups is 3. The monoisotopic (exact) mass is 1030 g/mol. The van der Waals surface area contributed by atoms with Crippen molar-refractivity contribution >= 4 is 46.8 Å². The Balaban J connectivity index is 0.000000839. The van der Waals surface area contributed by atoms with E-state index in [2.05, 4.69) is 26.6 Å². The van der Waals surface area contributed by atoms with E-state index in [-0.39, 0.29) is 49.0 Å². The fourth-order valence-corrected chi connectivity index (χ4v) is 10.5. The number of nitrogens with one attached hydrogen (secondary N) is 5. The molecular weight excluding hydrogens is 947 g/mol. The van der Waals surface area contributed by atoms with Gasteiger partial charge in [-0.25, -0.2) is 14.4 Å². The van der Waals surface area contributed by atoms with Gasteiger partial charge in [0.1, 0.15) is 5.75 Å². The molecule has 12 nitrogen and oxygen atoms in total. The first-order valence-electron chi connectivity index (χ1n) is 28.6. The molecule has 0 bridgehead atoms. The third-order valence-electron chi connectivity index (χ3n) is 15.1. The summed E-state index contributed by atoms with van der Waals surface area (Å²) in [5, 5.41) is 15.4. The van der Waals surface area contributed by atoms with Crippen LogP contribution < -0.4 is 31.3 Å². The Morgan fingerprint density at radius 3 is 1.50 bits per heavy atom. The number of hydrogen-bond donors (Lipinski definition) is 5. The molecule has 1 unspecified atom stereocenters. The van der Waals surface area contributed by atoms with Gasteiger partial charge in [-0.2, -0.15) is 0 Å². The summed E-state index contributed by atoms with van der Waals surface area (Å²) < 4.78 is 5.35. The fourth-order valence-electron chi connectivity index (χ4n) is 10.5. The van der Waals surface area contributed by atoms with Crippen molar-refractivity contribution in [3.8, 4) is 5.75 Å². The third kappa shape index (κ3) is 21.8. The predicted molar refractivity (Wildman–Crippen MR) is 312 cm³/mol. The summed E-state index contributed by atoms with van der Waals surface area (Å²) in [6.45, 7) is 3.44. The Morgan fingerprint density at radius 1 is 0.539 bits per heavy atom. The van der Waals surface area contributed by atoms with E-state index in [9.17, 15) is 19.2 Å². The van der Waals surface area contributed by atoms with Gasteiger partial charge in [0.05, 0.1) is 13.2 Å². The molecule has 76 heavy (non-hydrogen) atoms. The van der Waals surface area contributed by atoms with Gasteiger partial charge in [-0.3, -0.25) is 4.79 Å². The summed E-state index contributed by atoms with van der Waals surface area (Å²) in [6.07, 6.45) is 24.0. The quantitative estimate of drug-likeness (QED) is 0.0439. The van der Waals surface area contributed by atoms with Gasteiger partial charge < -0.3 is 41.1 Å². The minimum Gasteiger partial charge on any atom is -0.497 e. The van der Waals surface area contributed by atoms with Crippen LogP contribution in [0.15, 0.2) is 146 Å². The lowest BCUT2D eigenvalue weighted by Crippen LogP contribution is -2.52. The minimum absolute atomic E-state index is 0.137. The van der Waals surface area contributed by atoms with E-state index >= 15 is 0 Å². The van der Waals surface area contributed by atoms with Crippen molar-refractivity contribution in [3.05, 3.63) is 151 Å². The molecule has 5 aromatic rings. The Labute approximate surface area is 454 Å². The maximum Gasteiger partial charge on any atom is 0.322 e. The first-order valence-corrected chi connectivity index (χ1v) is 28.6. The lowest BCUT2D eigenvalue weighted by atomic mass is 9.83. The second kappa shape index (κ2) is 34.0. The first-order chi connectivity index (χ1) is 37.2. The van der Waals surface area contributed by atoms with Gasteiger partial charge >= 0.3 is 18.1 Å². The van der Waals surface area contributed by atoms with Crippen LogP contribution in [-0.2, 0) is 11.2 Å². The highest BCUT2D eigenvalue weighted by Crippen LogP contribution is 2.31. The highest BCUT2D eigenvalue weighted by molar-refractivity contribution is 5.93. The number of para-hydroxylation sites is 4. The average molecular weight is 1030 g/mol. The van der Waals surface area contributed by atoms with Gasteiger partial charge in [-0.15, -0.1) is 0 Å². The summed E-state index contributed by atoms with van der Waals surface area (Å²) in [5.41, 5.74) is 3.85. The molecule has 0 aliphatic heterocycles. The van der Waals surface area contributed by atoms with Gasteiger partial charge in [-0.1, -0.05) is 195 Å². The van der Waals surface area contributed by atoms with Crippen LogP contribution in [0.2, 0.25) is 0 Å². The van der Waals surface area contributed by atoms with Gasteiger partial charge in [0.25, 0.3) is 0 Å². The molecule has 2 fully saturated rings. The van der Waals surface area contributed by atoms with E-state index in [4.69, 9.17) is 4.74 Å². The molecule has 0 radical (unpaired) electrons. The largest absolute Gasteiger partial charge is 0.497 e. The summed E-state index contributed by atoms with van der Waals surface area (Å²) in [6, 6.07) is 44.3. The molecule has 408 valence electrons. The number of carbonyl (C=O) groups is 4. The number of rotatable bonds is 22. The van der Waals surface area contributed by atoms with E-state index in [1.807, 2.05) is 162 Å². The molecule has 7 rings (SSSR count). The molecule has 7 amide bonds. The van der Waals surface area contributed by atoms with Crippen molar-refractivity contribution in [2.75, 3.05) is 54.6 Å². The number of ether oxygens (including phenoxy) is 1. The van der Waals surface area contributed by atoms with E-state index in [1.54, 1.807) is 7.11 Å². The van der Waals surface area contributed by atoms with Gasteiger partial charge in [0.2, 0.25) is 5.91 Å². The zero-order chi connectivity index (χ0) is 53.4. The topological polar surface area (TPSA) is 144 Å². The third-order valence-corrected chi connectivity index (χ3v) is 15.1. The van der Waals surface area contributed by atoms with Crippen LogP contribution in [0.25, 0.3) is 0 Å². The molecule has 5 aromatic carbocycles. The molecule has 0 heterocycles. The lowest BCUT2D eigenvalue weighted by Gasteiger charge is -2.38. The van der Waals surface area contributed by atoms with Crippen molar-refractivity contribution < 1.29 is 23.9 Å². The summed E-state index contributed by atoms with van der Waals surface area (Å²) >= 11 is 0. The zero-order valence-corrected chi connectivity index (χ0v) is 45.6. The van der Waals surface area contributed by atoms with Crippen LogP contribution in [0, 0.1) is 17.8 Å². The van der Waals surface area contributed by atoms with Crippen LogP contribution in [0.3, 0.4) is 0 Å². The second-order valence-electron chi connectivity index (χ2n) is 20.9. The SMILES string of the molecule is C1CCCCCCCCC1.COc1ccc(CCN(CCCC[C@@H](CN(C(=O)Nc2ccccc2)[C@@H](CNC(=O)Nc2ccccc2)CC2CCCCC2)C(C)C(=O)Nc2ccccc2)C(=O)Nc2ccccc2)cc1. The molecule has 2 aliphatic rings. The van der Waals surface area contributed by atoms with Crippen molar-refractivity contribution in [1.29, 1.82) is 0 Å². The summed E-state index contributed by atoms with van der Waals surface area (Å²) in [4.78, 5) is 59.8. The van der Waals surface area contributed by atoms with Crippen molar-refractivity contribution in [3.63, 3.8) is 0 Å². The number of amides is 7. The van der Waals surface area contributed by atoms with E-state index in [0.29, 0.717) is 68.2 Å². The number of nitrogens with zero attached hydrogens (tertiary/aromatic N) is 2. The molecule has 12 heteroatoms. The number of carbonyl (C=O) groups excluding carboxylic acids is 4. The highest BCUT2D eigenvalue weighted by atomic mass is 16.5. The summed E-state index contributed by atoms with van der Waals surface area (Å²) in [7, 11) is 1.64. The smallest absolute Gasteiger partial charge is 0.322 e. The van der Waals surface area contributed by atoms with Gasteiger partial charge in [0, 0.05) is 54.8 Å². The Hall–Kier alpha value is -6.82. The van der Waals surface area contributed by atoms with Crippen molar-refractivity contribution in [2.45, 2.75) is 141 Å². The average Bonchev–Trinajstić information content (AvgIpc) is 3.45. The molecule has 0 saturated heterocycles. The molecule has 2 saturated carbocycles. The minimum atomic E-state index is -0.491. The van der Waals surface area contributed by atoms with E-state index < -0.39 is 5.92 Å². The first kappa shape index (κ1) is 58.4. The van der Waals surface area contributed by atoms with Crippen LogP contribution in [0.4, 0.5) is 37.1 Å². The molecule has 3 atom stereocenters. The molecule has 0 aromatic heterocycles. The molecule has 0 spiro atoms. The number of unbranched alkanes of at least 4 members (excludes halogenated alkanes) is 1. The van der Waals surface area contributed by atoms with Crippen molar-refractivity contribution in [2.24, 2.45) is 17.8 Å². The predicted octanol–water partition coefficient (Wildman–Crippen LogP) is 15.4. The van der Waals surface area contributed by atoms with Gasteiger partial charge in [0.15, 0.2) is 0 Å². The fraction of sp³-hybridized carbons (Fsp3) is 0.469. The Morgan fingerprint density at radius 2 is 1.00 bits per heavy atom. The number of methoxy groups -OCH3 is 1. The number of anilines is 4. The maximum absolute atomic E-state index is 14.7. The number of benzene rings is 5. The second-order valence-corrected chi connectivity index (χ2v) is 20.9. The Bertz CT molecular complexity index is 2350. The Kier molecular flexibility index (Phi) is 26.1. The standard InChI is InChI=1S/C54H67N7O5.C10H20/c1-41(51(62)56-45-23-10-4-11-24-45)44(22-18-19-36-60(53(64)58-47-27-14-6-15-28-47)37-35-42-31-33-50(66-2)34-32-42)40-61(54(65)59-48-29-16-7-17-30-48)49(38-43-20-8-3-9-21-43)39-55-52(63)57-46-25-12-5-13-26-46;1-2-4-6-8-10-9-7-5-3-1/h4-7,10-17,23-34,41,43-44,49H,3,8-9,18-22,35-40H2,1-2H3,(H,56,62)(H,58,64)(H,59,65)(H2,55,57,63);1-10H2/t41?,44-,49+;/m0./s1. The van der Waals surface area contributed by atoms with Crippen LogP contribution in [-0.4, -0.2) is 73.1 Å². The van der Waals surface area contributed by atoms with Gasteiger partial charge in [-0.05, 0) is 104 Å². The van der Waals surface area contributed by atoms with Crippen molar-refractivity contribution in [1.82, 2.24) is 15.1 Å². The molecular formula is C64H87N7O5. The lowest BCUT2D eigenvalue weighted by molar-refractivity contribution is -0.121. The van der Waals surface area contributed by atoms with Crippen LogP contribution >= 0.6 is 0 Å². The van der Waals surface area contributed by atoms with E-state index in [0.717, 1.165) is 42.7 Å². The molecule has 2 aliphatic carbocycles. The van der Waals surface area contributed by atoms with Crippen LogP contribution in [0.5, 0.6) is 5.75 Å². The zero-order valence-electron chi connectivity index (χ0n) is 45.6. The normalized spacial score (nSPS) is 15.2. The number of hydrogen-bond acceptors (Lipinski definition) is 5. The maximum atomic E-state index is 14.7. The summed E-state index contributed by atoms with van der Waals surface area (Å²) in [5.74, 6) is 0.266.